The molecule has 1 amide bonds. The summed E-state index contributed by atoms with van der Waals surface area (Å²) < 4.78 is 5.76. The molecule has 1 aliphatic heterocycles. The Hall–Kier alpha value is -2.88. The average molecular weight is 321 g/mol. The van der Waals surface area contributed by atoms with Crippen LogP contribution >= 0.6 is 0 Å². The van der Waals surface area contributed by atoms with Gasteiger partial charge in [-0.15, -0.1) is 0 Å². The molecule has 0 saturated heterocycles. The van der Waals surface area contributed by atoms with Crippen LogP contribution in [0.5, 0.6) is 5.75 Å². The minimum Gasteiger partial charge on any atom is -0.493 e. The Labute approximate surface area is 141 Å². The Morgan fingerprint density at radius 3 is 2.71 bits per heavy atom. The van der Waals surface area contributed by atoms with Gasteiger partial charge in [0.25, 0.3) is 5.91 Å². The highest BCUT2D eigenvalue weighted by Crippen LogP contribution is 2.27. The molecule has 0 unspecified atom stereocenters. The van der Waals surface area contributed by atoms with Crippen molar-refractivity contribution in [2.75, 3.05) is 6.61 Å². The summed E-state index contributed by atoms with van der Waals surface area (Å²) in [5, 5.41) is 2.80. The lowest BCUT2D eigenvalue weighted by atomic mass is 9.98. The predicted octanol–water partition coefficient (Wildman–Crippen LogP) is 3.38. The lowest BCUT2D eigenvalue weighted by molar-refractivity contribution is -0.109. The smallest absolute Gasteiger partial charge is 0.252 e. The zero-order valence-corrected chi connectivity index (χ0v) is 13.3. The largest absolute Gasteiger partial charge is 0.493 e. The molecule has 0 fully saturated rings. The van der Waals surface area contributed by atoms with Gasteiger partial charge in [-0.3, -0.25) is 4.79 Å². The summed E-state index contributed by atoms with van der Waals surface area (Å²) in [7, 11) is 0. The minimum absolute atomic E-state index is 0.250. The molecule has 0 aromatic heterocycles. The normalized spacial score (nSPS) is 19.2. The molecular weight excluding hydrogens is 302 g/mol. The van der Waals surface area contributed by atoms with E-state index >= 15 is 0 Å². The summed E-state index contributed by atoms with van der Waals surface area (Å²) >= 11 is 0. The van der Waals surface area contributed by atoms with E-state index in [1.54, 1.807) is 6.07 Å². The number of ether oxygens (including phenoxy) is 1. The topological polar surface area (TPSA) is 55.4 Å². The standard InChI is InChI=1S/C20H19NO3/c22-14-16-8-2-1-5-12-24-17-9-6-7-15(13-17)18-10-3-4-11-19(18)20(23)21-16/h1-4,6-7,9-11,13-14,16H,5,8,12H2,(H,21,23)/b2-1-/t16-/m0/s1. The first-order valence-electron chi connectivity index (χ1n) is 8.01. The maximum atomic E-state index is 12.6. The number of aldehydes is 1. The van der Waals surface area contributed by atoms with Crippen LogP contribution in [0.25, 0.3) is 11.1 Å². The van der Waals surface area contributed by atoms with Crippen LogP contribution in [0.1, 0.15) is 23.2 Å². The molecule has 122 valence electrons. The third kappa shape index (κ3) is 3.71. The van der Waals surface area contributed by atoms with Gasteiger partial charge in [-0.05, 0) is 42.2 Å². The van der Waals surface area contributed by atoms with E-state index in [1.807, 2.05) is 54.6 Å². The number of carbonyl (C=O) groups is 2. The maximum Gasteiger partial charge on any atom is 0.252 e. The number of benzene rings is 2. The molecule has 2 aromatic rings. The van der Waals surface area contributed by atoms with E-state index in [9.17, 15) is 9.59 Å². The third-order valence-electron chi connectivity index (χ3n) is 3.91. The predicted molar refractivity (Wildman–Crippen MR) is 93.1 cm³/mol. The van der Waals surface area contributed by atoms with Crippen molar-refractivity contribution in [3.05, 3.63) is 66.2 Å². The van der Waals surface area contributed by atoms with Crippen LogP contribution in [0.2, 0.25) is 0 Å². The van der Waals surface area contributed by atoms with Gasteiger partial charge in [-0.25, -0.2) is 0 Å². The Kier molecular flexibility index (Phi) is 5.06. The number of nitrogens with one attached hydrogen (secondary N) is 1. The van der Waals surface area contributed by atoms with Gasteiger partial charge in [-0.2, -0.15) is 0 Å². The number of fused-ring (bicyclic) bond motifs is 4. The lowest BCUT2D eigenvalue weighted by Crippen LogP contribution is -2.35. The molecule has 2 aromatic carbocycles. The molecule has 2 bridgehead atoms. The summed E-state index contributed by atoms with van der Waals surface area (Å²) in [6, 6.07) is 14.5. The van der Waals surface area contributed by atoms with Crippen molar-refractivity contribution in [3.8, 4) is 16.9 Å². The van der Waals surface area contributed by atoms with E-state index in [0.717, 1.165) is 29.6 Å². The summed E-state index contributed by atoms with van der Waals surface area (Å²) in [6.45, 7) is 0.569. The molecule has 24 heavy (non-hydrogen) atoms. The van der Waals surface area contributed by atoms with Gasteiger partial charge in [0.05, 0.1) is 12.6 Å². The summed E-state index contributed by atoms with van der Waals surface area (Å²) in [6.07, 6.45) is 5.86. The zero-order chi connectivity index (χ0) is 16.8. The molecule has 1 heterocycles. The number of amides is 1. The molecule has 4 heteroatoms. The number of hydrogen-bond donors (Lipinski definition) is 1. The van der Waals surface area contributed by atoms with Crippen LogP contribution in [0.15, 0.2) is 60.7 Å². The van der Waals surface area contributed by atoms with E-state index in [0.29, 0.717) is 18.6 Å². The molecule has 0 saturated carbocycles. The van der Waals surface area contributed by atoms with Crippen LogP contribution < -0.4 is 10.1 Å². The number of carbonyl (C=O) groups excluding carboxylic acids is 2. The SMILES string of the molecule is O=C[C@@H]1C/C=C\CCOc2cccc(c2)-c2ccccc2C(=O)N1. The molecule has 4 nitrogen and oxygen atoms in total. The average Bonchev–Trinajstić information content (AvgIpc) is 2.63. The van der Waals surface area contributed by atoms with Gasteiger partial charge < -0.3 is 14.8 Å². The van der Waals surface area contributed by atoms with Crippen molar-refractivity contribution in [2.45, 2.75) is 18.9 Å². The molecule has 0 radical (unpaired) electrons. The molecule has 1 aliphatic rings. The molecule has 0 spiro atoms. The molecule has 3 rings (SSSR count). The lowest BCUT2D eigenvalue weighted by Gasteiger charge is -2.15. The second-order valence-corrected chi connectivity index (χ2v) is 5.63. The highest BCUT2D eigenvalue weighted by Gasteiger charge is 2.16. The highest BCUT2D eigenvalue weighted by molar-refractivity contribution is 6.01. The first-order chi connectivity index (χ1) is 11.8. The van der Waals surface area contributed by atoms with Gasteiger partial charge in [0.2, 0.25) is 0 Å². The highest BCUT2D eigenvalue weighted by atomic mass is 16.5. The van der Waals surface area contributed by atoms with Crippen molar-refractivity contribution in [2.24, 2.45) is 0 Å². The van der Waals surface area contributed by atoms with E-state index in [4.69, 9.17) is 4.74 Å². The van der Waals surface area contributed by atoms with Crippen LogP contribution in [0.3, 0.4) is 0 Å². The molecule has 1 N–H and O–H groups in total. The van der Waals surface area contributed by atoms with Crippen LogP contribution in [-0.4, -0.2) is 24.8 Å². The van der Waals surface area contributed by atoms with Crippen molar-refractivity contribution < 1.29 is 14.3 Å². The van der Waals surface area contributed by atoms with E-state index < -0.39 is 6.04 Å². The molecular formula is C20H19NO3. The first kappa shape index (κ1) is 16.0. The zero-order valence-electron chi connectivity index (χ0n) is 13.3. The van der Waals surface area contributed by atoms with Crippen LogP contribution in [0, 0.1) is 0 Å². The van der Waals surface area contributed by atoms with Gasteiger partial charge in [0.15, 0.2) is 0 Å². The van der Waals surface area contributed by atoms with Crippen molar-refractivity contribution in [3.63, 3.8) is 0 Å². The Morgan fingerprint density at radius 1 is 1.04 bits per heavy atom. The van der Waals surface area contributed by atoms with Gasteiger partial charge in [0, 0.05) is 5.56 Å². The Balaban J connectivity index is 2.03. The summed E-state index contributed by atoms with van der Waals surface area (Å²) in [5.41, 5.74) is 2.27. The third-order valence-corrected chi connectivity index (χ3v) is 3.91. The monoisotopic (exact) mass is 321 g/mol. The number of hydrogen-bond acceptors (Lipinski definition) is 3. The van der Waals surface area contributed by atoms with E-state index in [2.05, 4.69) is 5.32 Å². The van der Waals surface area contributed by atoms with Crippen LogP contribution in [-0.2, 0) is 4.79 Å². The fourth-order valence-corrected chi connectivity index (χ4v) is 2.69. The van der Waals surface area contributed by atoms with Crippen LogP contribution in [0.4, 0.5) is 0 Å². The van der Waals surface area contributed by atoms with Gasteiger partial charge in [-0.1, -0.05) is 42.5 Å². The summed E-state index contributed by atoms with van der Waals surface area (Å²) in [4.78, 5) is 23.8. The Bertz CT molecular complexity index is 767. The minimum atomic E-state index is -0.531. The first-order valence-corrected chi connectivity index (χ1v) is 8.01. The van der Waals surface area contributed by atoms with Gasteiger partial charge >= 0.3 is 0 Å². The second kappa shape index (κ2) is 7.59. The fourth-order valence-electron chi connectivity index (χ4n) is 2.69. The second-order valence-electron chi connectivity index (χ2n) is 5.63. The summed E-state index contributed by atoms with van der Waals surface area (Å²) in [5.74, 6) is 0.526. The maximum absolute atomic E-state index is 12.6. The van der Waals surface area contributed by atoms with Crippen molar-refractivity contribution in [1.82, 2.24) is 5.32 Å². The number of rotatable bonds is 1. The molecule has 0 aliphatic carbocycles. The van der Waals surface area contributed by atoms with Crippen molar-refractivity contribution >= 4 is 12.2 Å². The van der Waals surface area contributed by atoms with Gasteiger partial charge in [0.1, 0.15) is 12.0 Å². The molecule has 1 atom stereocenters. The quantitative estimate of drug-likeness (QED) is 0.647. The fraction of sp³-hybridized carbons (Fsp3) is 0.200. The van der Waals surface area contributed by atoms with E-state index in [1.165, 1.54) is 0 Å². The van der Waals surface area contributed by atoms with Crippen molar-refractivity contribution in [1.29, 1.82) is 0 Å². The van der Waals surface area contributed by atoms with E-state index in [-0.39, 0.29) is 5.91 Å². The Morgan fingerprint density at radius 2 is 1.88 bits per heavy atom.